The number of ether oxygens (including phenoxy) is 1. The Morgan fingerprint density at radius 1 is 1.08 bits per heavy atom. The molecule has 4 nitrogen and oxygen atoms in total. The highest BCUT2D eigenvalue weighted by molar-refractivity contribution is 5.78. The molecule has 0 N–H and O–H groups in total. The van der Waals surface area contributed by atoms with Crippen molar-refractivity contribution >= 4 is 12.0 Å². The fraction of sp³-hybridized carbons (Fsp3) is 0.571. The molecule has 2 fully saturated rings. The van der Waals surface area contributed by atoms with Gasteiger partial charge in [0, 0.05) is 26.2 Å². The monoisotopic (exact) mass is 342 g/mol. The molecule has 2 saturated heterocycles. The lowest BCUT2D eigenvalue weighted by atomic mass is 9.95. The minimum absolute atomic E-state index is 0.277. The van der Waals surface area contributed by atoms with Gasteiger partial charge < -0.3 is 9.64 Å². The van der Waals surface area contributed by atoms with Crippen LogP contribution in [-0.4, -0.2) is 61.6 Å². The van der Waals surface area contributed by atoms with Crippen LogP contribution in [0.1, 0.15) is 29.5 Å². The first-order valence-corrected chi connectivity index (χ1v) is 9.44. The summed E-state index contributed by atoms with van der Waals surface area (Å²) in [5.41, 5.74) is 3.90. The molecule has 1 aromatic rings. The number of piperidine rings is 1. The normalized spacial score (nSPS) is 20.3. The maximum atomic E-state index is 12.5. The van der Waals surface area contributed by atoms with Crippen LogP contribution in [0.5, 0.6) is 0 Å². The van der Waals surface area contributed by atoms with Gasteiger partial charge in [-0.3, -0.25) is 9.69 Å². The summed E-state index contributed by atoms with van der Waals surface area (Å²) in [5, 5.41) is 0. The van der Waals surface area contributed by atoms with Crippen LogP contribution in [-0.2, 0) is 9.53 Å². The zero-order valence-corrected chi connectivity index (χ0v) is 15.5. The molecule has 4 heteroatoms. The van der Waals surface area contributed by atoms with E-state index in [9.17, 15) is 4.79 Å². The zero-order valence-electron chi connectivity index (χ0n) is 15.5. The summed E-state index contributed by atoms with van der Waals surface area (Å²) in [6.45, 7) is 9.84. The van der Waals surface area contributed by atoms with Crippen LogP contribution < -0.4 is 0 Å². The van der Waals surface area contributed by atoms with Crippen LogP contribution in [0.2, 0.25) is 0 Å². The Kier molecular flexibility index (Phi) is 6.27. The second kappa shape index (κ2) is 8.63. The molecule has 136 valence electrons. The standard InChI is InChI=1S/C21H30N2O2/c1-17-13-18(2)15-20(14-17)4-3-19-5-7-23(8-6-19)21(24)16-22-9-11-25-12-10-22/h3-4,13-15,19H,5-12,16H2,1-2H3/b4-3+. The van der Waals surface area contributed by atoms with Crippen LogP contribution >= 0.6 is 0 Å². The molecule has 0 atom stereocenters. The molecule has 0 aliphatic carbocycles. The molecule has 2 aliphatic rings. The van der Waals surface area contributed by atoms with Crippen LogP contribution in [0.4, 0.5) is 0 Å². The number of allylic oxidation sites excluding steroid dienone is 1. The topological polar surface area (TPSA) is 32.8 Å². The average Bonchev–Trinajstić information content (AvgIpc) is 2.60. The molecular weight excluding hydrogens is 312 g/mol. The number of likely N-dealkylation sites (tertiary alicyclic amines) is 1. The minimum Gasteiger partial charge on any atom is -0.379 e. The number of rotatable bonds is 4. The van der Waals surface area contributed by atoms with Gasteiger partial charge in [-0.25, -0.2) is 0 Å². The number of amides is 1. The highest BCUT2D eigenvalue weighted by atomic mass is 16.5. The van der Waals surface area contributed by atoms with Crippen molar-refractivity contribution in [3.63, 3.8) is 0 Å². The van der Waals surface area contributed by atoms with E-state index < -0.39 is 0 Å². The van der Waals surface area contributed by atoms with Gasteiger partial charge in [-0.2, -0.15) is 0 Å². The first-order chi connectivity index (χ1) is 12.1. The predicted molar refractivity (Wildman–Crippen MR) is 102 cm³/mol. The van der Waals surface area contributed by atoms with Gasteiger partial charge in [0.05, 0.1) is 19.8 Å². The molecule has 3 rings (SSSR count). The number of carbonyl (C=O) groups is 1. The Bertz CT molecular complexity index is 592. The summed E-state index contributed by atoms with van der Waals surface area (Å²) < 4.78 is 5.34. The van der Waals surface area contributed by atoms with Gasteiger partial charge >= 0.3 is 0 Å². The number of nitrogens with zero attached hydrogens (tertiary/aromatic N) is 2. The molecule has 2 aliphatic heterocycles. The van der Waals surface area contributed by atoms with Crippen molar-refractivity contribution in [3.8, 4) is 0 Å². The molecular formula is C21H30N2O2. The molecule has 2 heterocycles. The van der Waals surface area contributed by atoms with Gasteiger partial charge in [-0.15, -0.1) is 0 Å². The van der Waals surface area contributed by atoms with Crippen LogP contribution in [0.25, 0.3) is 6.08 Å². The lowest BCUT2D eigenvalue weighted by Crippen LogP contribution is -2.46. The van der Waals surface area contributed by atoms with Crippen LogP contribution in [0.3, 0.4) is 0 Å². The Morgan fingerprint density at radius 2 is 1.72 bits per heavy atom. The lowest BCUT2D eigenvalue weighted by Gasteiger charge is -2.33. The summed E-state index contributed by atoms with van der Waals surface area (Å²) in [4.78, 5) is 16.7. The van der Waals surface area contributed by atoms with Gasteiger partial charge in [0.1, 0.15) is 0 Å². The molecule has 0 aromatic heterocycles. The van der Waals surface area contributed by atoms with Gasteiger partial charge in [-0.1, -0.05) is 41.5 Å². The maximum Gasteiger partial charge on any atom is 0.236 e. The van der Waals surface area contributed by atoms with E-state index in [2.05, 4.69) is 49.1 Å². The number of hydrogen-bond acceptors (Lipinski definition) is 3. The molecule has 0 saturated carbocycles. The Labute approximate surface area is 151 Å². The van der Waals surface area contributed by atoms with Crippen molar-refractivity contribution < 1.29 is 9.53 Å². The van der Waals surface area contributed by atoms with Gasteiger partial charge in [0.25, 0.3) is 0 Å². The molecule has 25 heavy (non-hydrogen) atoms. The van der Waals surface area contributed by atoms with E-state index in [1.54, 1.807) is 0 Å². The first-order valence-electron chi connectivity index (χ1n) is 9.44. The van der Waals surface area contributed by atoms with E-state index in [1.807, 2.05) is 4.90 Å². The van der Waals surface area contributed by atoms with Crippen molar-refractivity contribution in [2.75, 3.05) is 45.9 Å². The number of aryl methyl sites for hydroxylation is 2. The zero-order chi connectivity index (χ0) is 17.6. The molecule has 0 bridgehead atoms. The highest BCUT2D eigenvalue weighted by Gasteiger charge is 2.23. The summed E-state index contributed by atoms with van der Waals surface area (Å²) in [6.07, 6.45) is 6.71. The summed E-state index contributed by atoms with van der Waals surface area (Å²) in [6, 6.07) is 6.66. The van der Waals surface area contributed by atoms with Crippen molar-refractivity contribution in [1.29, 1.82) is 0 Å². The average molecular weight is 342 g/mol. The first kappa shape index (κ1) is 18.2. The molecule has 0 spiro atoms. The maximum absolute atomic E-state index is 12.5. The Hall–Kier alpha value is -1.65. The van der Waals surface area contributed by atoms with Crippen molar-refractivity contribution in [2.45, 2.75) is 26.7 Å². The van der Waals surface area contributed by atoms with E-state index in [0.29, 0.717) is 12.5 Å². The molecule has 0 unspecified atom stereocenters. The number of carbonyl (C=O) groups excluding carboxylic acids is 1. The number of hydrogen-bond donors (Lipinski definition) is 0. The molecule has 1 aromatic carbocycles. The fourth-order valence-corrected chi connectivity index (χ4v) is 3.75. The smallest absolute Gasteiger partial charge is 0.236 e. The third-order valence-corrected chi connectivity index (χ3v) is 5.16. The van der Waals surface area contributed by atoms with Crippen LogP contribution in [0.15, 0.2) is 24.3 Å². The van der Waals surface area contributed by atoms with Crippen molar-refractivity contribution in [1.82, 2.24) is 9.80 Å². The number of benzene rings is 1. The van der Waals surface area contributed by atoms with E-state index in [1.165, 1.54) is 16.7 Å². The molecule has 1 amide bonds. The third kappa shape index (κ3) is 5.41. The van der Waals surface area contributed by atoms with Gasteiger partial charge in [0.15, 0.2) is 0 Å². The van der Waals surface area contributed by atoms with Crippen molar-refractivity contribution in [2.24, 2.45) is 5.92 Å². The lowest BCUT2D eigenvalue weighted by molar-refractivity contribution is -0.134. The highest BCUT2D eigenvalue weighted by Crippen LogP contribution is 2.20. The summed E-state index contributed by atoms with van der Waals surface area (Å²) in [5.74, 6) is 0.854. The third-order valence-electron chi connectivity index (χ3n) is 5.16. The Morgan fingerprint density at radius 3 is 2.36 bits per heavy atom. The SMILES string of the molecule is Cc1cc(C)cc(/C=C/C2CCN(C(=O)CN3CCOCC3)CC2)c1. The second-order valence-electron chi connectivity index (χ2n) is 7.39. The van der Waals surface area contributed by atoms with Gasteiger partial charge in [-0.05, 0) is 38.2 Å². The van der Waals surface area contributed by atoms with E-state index in [4.69, 9.17) is 4.74 Å². The fourth-order valence-electron chi connectivity index (χ4n) is 3.75. The predicted octanol–water partition coefficient (Wildman–Crippen LogP) is 2.89. The summed E-state index contributed by atoms with van der Waals surface area (Å²) in [7, 11) is 0. The number of morpholine rings is 1. The van der Waals surface area contributed by atoms with E-state index in [0.717, 1.165) is 52.2 Å². The van der Waals surface area contributed by atoms with E-state index in [-0.39, 0.29) is 5.91 Å². The minimum atomic E-state index is 0.277. The summed E-state index contributed by atoms with van der Waals surface area (Å²) >= 11 is 0. The van der Waals surface area contributed by atoms with Crippen molar-refractivity contribution in [3.05, 3.63) is 41.0 Å². The molecule has 0 radical (unpaired) electrons. The van der Waals surface area contributed by atoms with Gasteiger partial charge in [0.2, 0.25) is 5.91 Å². The Balaban J connectivity index is 1.46. The second-order valence-corrected chi connectivity index (χ2v) is 7.39. The largest absolute Gasteiger partial charge is 0.379 e. The van der Waals surface area contributed by atoms with E-state index >= 15 is 0 Å². The quantitative estimate of drug-likeness (QED) is 0.843. The van der Waals surface area contributed by atoms with Crippen LogP contribution in [0, 0.1) is 19.8 Å².